The zero-order valence-electron chi connectivity index (χ0n) is 14.6. The highest BCUT2D eigenvalue weighted by atomic mass is 32.1. The van der Waals surface area contributed by atoms with Crippen LogP contribution in [0.5, 0.6) is 11.5 Å². The number of hydrogen-bond acceptors (Lipinski definition) is 7. The molecule has 0 aliphatic carbocycles. The van der Waals surface area contributed by atoms with Gasteiger partial charge in [0.2, 0.25) is 5.91 Å². The normalized spacial score (nSPS) is 10.3. The summed E-state index contributed by atoms with van der Waals surface area (Å²) in [7, 11) is 1.58. The van der Waals surface area contributed by atoms with E-state index in [1.807, 2.05) is 17.5 Å². The monoisotopic (exact) mass is 403 g/mol. The minimum Gasteiger partial charge on any atom is -0.497 e. The van der Waals surface area contributed by atoms with Gasteiger partial charge in [-0.15, -0.1) is 11.3 Å². The second-order valence-corrected chi connectivity index (χ2v) is 7.31. The molecule has 0 aliphatic heterocycles. The van der Waals surface area contributed by atoms with Crippen molar-refractivity contribution in [1.29, 1.82) is 0 Å². The largest absolute Gasteiger partial charge is 0.497 e. The molecule has 0 unspecified atom stereocenters. The Kier molecular flexibility index (Phi) is 6.05. The van der Waals surface area contributed by atoms with Crippen molar-refractivity contribution in [3.8, 4) is 22.1 Å². The summed E-state index contributed by atoms with van der Waals surface area (Å²) in [5.74, 6) is 0.730. The van der Waals surface area contributed by atoms with E-state index in [0.717, 1.165) is 4.88 Å². The Labute approximate surface area is 164 Å². The Morgan fingerprint density at radius 2 is 1.85 bits per heavy atom. The van der Waals surface area contributed by atoms with E-state index in [1.54, 1.807) is 31.4 Å². The third kappa shape index (κ3) is 5.05. The first-order chi connectivity index (χ1) is 13.0. The Hall–Kier alpha value is -2.91. The number of carbonyl (C=O) groups is 2. The van der Waals surface area contributed by atoms with Crippen molar-refractivity contribution in [2.45, 2.75) is 6.92 Å². The quantitative estimate of drug-likeness (QED) is 0.625. The van der Waals surface area contributed by atoms with Crippen LogP contribution in [0.1, 0.15) is 6.92 Å². The number of thiazole rings is 1. The van der Waals surface area contributed by atoms with Crippen LogP contribution in [-0.2, 0) is 9.59 Å². The molecule has 2 amide bonds. The highest BCUT2D eigenvalue weighted by molar-refractivity contribution is 7.21. The maximum absolute atomic E-state index is 12.2. The topological polar surface area (TPSA) is 89.6 Å². The molecule has 2 N–H and O–H groups in total. The van der Waals surface area contributed by atoms with Gasteiger partial charge in [0.05, 0.1) is 12.0 Å². The highest BCUT2D eigenvalue weighted by Gasteiger charge is 2.16. The van der Waals surface area contributed by atoms with Gasteiger partial charge in [-0.25, -0.2) is 4.98 Å². The third-order valence-corrected chi connectivity index (χ3v) is 5.11. The van der Waals surface area contributed by atoms with Gasteiger partial charge >= 0.3 is 0 Å². The number of amides is 2. The minimum atomic E-state index is -0.341. The molecule has 0 atom stereocenters. The molecule has 27 heavy (non-hydrogen) atoms. The van der Waals surface area contributed by atoms with Crippen molar-refractivity contribution < 1.29 is 19.1 Å². The van der Waals surface area contributed by atoms with E-state index >= 15 is 0 Å². The Morgan fingerprint density at radius 3 is 2.48 bits per heavy atom. The molecule has 0 bridgehead atoms. The number of ether oxygens (including phenoxy) is 2. The van der Waals surface area contributed by atoms with Crippen molar-refractivity contribution >= 4 is 44.6 Å². The van der Waals surface area contributed by atoms with Crippen LogP contribution in [0.2, 0.25) is 0 Å². The highest BCUT2D eigenvalue weighted by Crippen LogP contribution is 2.37. The smallest absolute Gasteiger partial charge is 0.264 e. The molecule has 0 saturated carbocycles. The molecule has 3 rings (SSSR count). The van der Waals surface area contributed by atoms with Crippen LogP contribution in [0.25, 0.3) is 10.6 Å². The average Bonchev–Trinajstić information content (AvgIpc) is 3.30. The minimum absolute atomic E-state index is 0.157. The number of aromatic nitrogens is 1. The zero-order chi connectivity index (χ0) is 19.2. The zero-order valence-corrected chi connectivity index (χ0v) is 16.3. The summed E-state index contributed by atoms with van der Waals surface area (Å²) in [5, 5.41) is 8.37. The molecule has 9 heteroatoms. The van der Waals surface area contributed by atoms with Gasteiger partial charge in [-0.1, -0.05) is 17.4 Å². The fourth-order valence-electron chi connectivity index (χ4n) is 2.17. The lowest BCUT2D eigenvalue weighted by Gasteiger charge is -2.06. The molecule has 2 aromatic heterocycles. The maximum atomic E-state index is 12.2. The van der Waals surface area contributed by atoms with Gasteiger partial charge in [-0.3, -0.25) is 14.9 Å². The number of nitrogens with one attached hydrogen (secondary N) is 2. The maximum Gasteiger partial charge on any atom is 0.264 e. The van der Waals surface area contributed by atoms with Gasteiger partial charge in [0, 0.05) is 6.92 Å². The lowest BCUT2D eigenvalue weighted by molar-refractivity contribution is -0.118. The molecular formula is C18H17N3O4S2. The molecule has 1 aromatic carbocycles. The molecule has 7 nitrogen and oxygen atoms in total. The third-order valence-electron chi connectivity index (χ3n) is 3.35. The number of carbonyl (C=O) groups excluding carboxylic acids is 2. The lowest BCUT2D eigenvalue weighted by Crippen LogP contribution is -2.20. The lowest BCUT2D eigenvalue weighted by atomic mass is 10.3. The van der Waals surface area contributed by atoms with E-state index < -0.39 is 0 Å². The predicted molar refractivity (Wildman–Crippen MR) is 107 cm³/mol. The number of thiophene rings is 1. The van der Waals surface area contributed by atoms with Crippen LogP contribution >= 0.6 is 22.7 Å². The summed E-state index contributed by atoms with van der Waals surface area (Å²) in [5.41, 5.74) is 0.636. The molecule has 0 saturated heterocycles. The number of methoxy groups -OCH3 is 1. The van der Waals surface area contributed by atoms with Gasteiger partial charge in [-0.05, 0) is 35.7 Å². The van der Waals surface area contributed by atoms with Crippen molar-refractivity contribution in [2.75, 3.05) is 24.4 Å². The first-order valence-corrected chi connectivity index (χ1v) is 9.64. The predicted octanol–water partition coefficient (Wildman–Crippen LogP) is 3.86. The number of benzene rings is 1. The fourth-order valence-corrected chi connectivity index (χ4v) is 3.90. The molecule has 0 radical (unpaired) electrons. The summed E-state index contributed by atoms with van der Waals surface area (Å²) in [6.07, 6.45) is 0. The van der Waals surface area contributed by atoms with Crippen molar-refractivity contribution in [2.24, 2.45) is 0 Å². The molecule has 0 spiro atoms. The Bertz CT molecular complexity index is 921. The summed E-state index contributed by atoms with van der Waals surface area (Å²) >= 11 is 2.71. The number of anilines is 2. The average molecular weight is 403 g/mol. The van der Waals surface area contributed by atoms with E-state index in [-0.39, 0.29) is 18.4 Å². The molecule has 0 fully saturated rings. The second kappa shape index (κ2) is 8.65. The Morgan fingerprint density at radius 1 is 1.11 bits per heavy atom. The fraction of sp³-hybridized carbons (Fsp3) is 0.167. The standard InChI is InChI=1S/C18H17N3O4S2/c1-11(22)19-17-16(14-4-3-9-26-14)21-18(27-17)20-15(23)10-25-13-7-5-12(24-2)6-8-13/h3-9H,10H2,1-2H3,(H,19,22)(H,20,21,23). The number of nitrogens with zero attached hydrogens (tertiary/aromatic N) is 1. The van der Waals surface area contributed by atoms with Crippen LogP contribution in [0.4, 0.5) is 10.1 Å². The summed E-state index contributed by atoms with van der Waals surface area (Å²) in [4.78, 5) is 28.9. The molecule has 3 aromatic rings. The molecule has 0 aliphatic rings. The first kappa shape index (κ1) is 18.9. The van der Waals surface area contributed by atoms with Crippen molar-refractivity contribution in [3.63, 3.8) is 0 Å². The van der Waals surface area contributed by atoms with Crippen molar-refractivity contribution in [1.82, 2.24) is 4.98 Å². The Balaban J connectivity index is 1.65. The molecular weight excluding hydrogens is 386 g/mol. The van der Waals surface area contributed by atoms with Crippen LogP contribution in [0.15, 0.2) is 41.8 Å². The summed E-state index contributed by atoms with van der Waals surface area (Å²) in [6.45, 7) is 1.27. The number of rotatable bonds is 7. The molecule has 140 valence electrons. The van der Waals surface area contributed by atoms with Gasteiger partial charge in [0.15, 0.2) is 11.7 Å². The number of hydrogen-bond donors (Lipinski definition) is 2. The van der Waals surface area contributed by atoms with E-state index in [4.69, 9.17) is 9.47 Å². The molecule has 2 heterocycles. The summed E-state index contributed by atoms with van der Waals surface area (Å²) < 4.78 is 10.5. The summed E-state index contributed by atoms with van der Waals surface area (Å²) in [6, 6.07) is 10.8. The van der Waals surface area contributed by atoms with Gasteiger partial charge in [0.1, 0.15) is 22.2 Å². The van der Waals surface area contributed by atoms with E-state index in [0.29, 0.717) is 27.3 Å². The van der Waals surface area contributed by atoms with Crippen LogP contribution < -0.4 is 20.1 Å². The SMILES string of the molecule is COc1ccc(OCC(=O)Nc2nc(-c3cccs3)c(NC(C)=O)s2)cc1. The van der Waals surface area contributed by atoms with E-state index in [2.05, 4.69) is 15.6 Å². The van der Waals surface area contributed by atoms with E-state index in [1.165, 1.54) is 29.6 Å². The van der Waals surface area contributed by atoms with Gasteiger partial charge in [0.25, 0.3) is 5.91 Å². The second-order valence-electron chi connectivity index (χ2n) is 5.37. The van der Waals surface area contributed by atoms with Crippen LogP contribution in [-0.4, -0.2) is 30.5 Å². The van der Waals surface area contributed by atoms with Gasteiger partial charge in [-0.2, -0.15) is 0 Å². The van der Waals surface area contributed by atoms with Gasteiger partial charge < -0.3 is 14.8 Å². The van der Waals surface area contributed by atoms with Crippen molar-refractivity contribution in [3.05, 3.63) is 41.8 Å². The van der Waals surface area contributed by atoms with Crippen LogP contribution in [0, 0.1) is 0 Å². The van der Waals surface area contributed by atoms with E-state index in [9.17, 15) is 9.59 Å². The first-order valence-electron chi connectivity index (χ1n) is 7.94. The van der Waals surface area contributed by atoms with Crippen LogP contribution in [0.3, 0.4) is 0 Å².